The molecule has 0 spiro atoms. The fourth-order valence-electron chi connectivity index (χ4n) is 3.45. The second-order valence-corrected chi connectivity index (χ2v) is 5.90. The Labute approximate surface area is 110 Å². The normalized spacial score (nSPS) is 32.1. The largest absolute Gasteiger partial charge is 0.323 e. The molecule has 1 aromatic carbocycles. The van der Waals surface area contributed by atoms with Crippen molar-refractivity contribution >= 4 is 0 Å². The van der Waals surface area contributed by atoms with E-state index in [1.807, 2.05) is 0 Å². The van der Waals surface area contributed by atoms with Gasteiger partial charge in [-0.2, -0.15) is 0 Å². The molecule has 1 aliphatic carbocycles. The molecule has 1 heterocycles. The molecule has 0 aromatic heterocycles. The Bertz CT molecular complexity index is 430. The third-order valence-electron chi connectivity index (χ3n) is 4.65. The molecule has 0 bridgehead atoms. The minimum atomic E-state index is 0.196. The molecule has 3 nitrogen and oxygen atoms in total. The summed E-state index contributed by atoms with van der Waals surface area (Å²) in [5, 5.41) is 0. The van der Waals surface area contributed by atoms with E-state index in [9.17, 15) is 0 Å². The molecule has 0 radical (unpaired) electrons. The molecule has 98 valence electrons. The minimum absolute atomic E-state index is 0.196. The molecular formula is C15H23N3. The first kappa shape index (κ1) is 12.2. The Balaban J connectivity index is 1.73. The molecule has 3 atom stereocenters. The summed E-state index contributed by atoms with van der Waals surface area (Å²) in [6, 6.07) is 10.1. The van der Waals surface area contributed by atoms with Crippen molar-refractivity contribution in [2.75, 3.05) is 27.2 Å². The van der Waals surface area contributed by atoms with E-state index in [1.54, 1.807) is 0 Å². The highest BCUT2D eigenvalue weighted by molar-refractivity contribution is 5.37. The fraction of sp³-hybridized carbons (Fsp3) is 0.600. The average Bonchev–Trinajstić information content (AvgIpc) is 2.95. The van der Waals surface area contributed by atoms with Crippen molar-refractivity contribution in [1.29, 1.82) is 0 Å². The maximum Gasteiger partial charge on any atom is 0.0459 e. The highest BCUT2D eigenvalue weighted by Crippen LogP contribution is 2.34. The predicted octanol–water partition coefficient (Wildman–Crippen LogP) is 1.25. The van der Waals surface area contributed by atoms with Crippen LogP contribution in [-0.4, -0.2) is 49.1 Å². The Kier molecular flexibility index (Phi) is 3.14. The van der Waals surface area contributed by atoms with Crippen molar-refractivity contribution in [2.24, 2.45) is 5.73 Å². The van der Waals surface area contributed by atoms with Gasteiger partial charge >= 0.3 is 0 Å². The van der Waals surface area contributed by atoms with E-state index in [-0.39, 0.29) is 6.04 Å². The molecule has 0 saturated carbocycles. The quantitative estimate of drug-likeness (QED) is 0.851. The lowest BCUT2D eigenvalue weighted by molar-refractivity contribution is 0.200. The van der Waals surface area contributed by atoms with Crippen LogP contribution in [0.5, 0.6) is 0 Å². The maximum atomic E-state index is 6.44. The van der Waals surface area contributed by atoms with E-state index in [0.717, 1.165) is 6.42 Å². The van der Waals surface area contributed by atoms with Gasteiger partial charge in [-0.25, -0.2) is 0 Å². The summed E-state index contributed by atoms with van der Waals surface area (Å²) in [6.07, 6.45) is 2.39. The number of benzene rings is 1. The summed E-state index contributed by atoms with van der Waals surface area (Å²) in [5.74, 6) is 0. The van der Waals surface area contributed by atoms with Gasteiger partial charge in [-0.15, -0.1) is 0 Å². The lowest BCUT2D eigenvalue weighted by Crippen LogP contribution is -2.41. The van der Waals surface area contributed by atoms with E-state index in [1.165, 1.54) is 30.6 Å². The van der Waals surface area contributed by atoms with Gasteiger partial charge in [0, 0.05) is 31.2 Å². The lowest BCUT2D eigenvalue weighted by atomic mass is 10.1. The first-order chi connectivity index (χ1) is 8.66. The van der Waals surface area contributed by atoms with Gasteiger partial charge in [0.25, 0.3) is 0 Å². The third-order valence-corrected chi connectivity index (χ3v) is 4.65. The van der Waals surface area contributed by atoms with Gasteiger partial charge in [0.15, 0.2) is 0 Å². The van der Waals surface area contributed by atoms with Gasteiger partial charge in [-0.1, -0.05) is 24.3 Å². The van der Waals surface area contributed by atoms with Crippen LogP contribution in [-0.2, 0) is 6.42 Å². The number of hydrogen-bond donors (Lipinski definition) is 1. The van der Waals surface area contributed by atoms with Crippen molar-refractivity contribution in [2.45, 2.75) is 31.0 Å². The van der Waals surface area contributed by atoms with Crippen LogP contribution in [0.3, 0.4) is 0 Å². The molecule has 2 aliphatic rings. The van der Waals surface area contributed by atoms with Crippen LogP contribution in [0.15, 0.2) is 24.3 Å². The van der Waals surface area contributed by atoms with E-state index >= 15 is 0 Å². The summed E-state index contributed by atoms with van der Waals surface area (Å²) in [6.45, 7) is 2.36. The van der Waals surface area contributed by atoms with Crippen LogP contribution in [0, 0.1) is 0 Å². The zero-order chi connectivity index (χ0) is 12.7. The van der Waals surface area contributed by atoms with Crippen LogP contribution >= 0.6 is 0 Å². The van der Waals surface area contributed by atoms with Crippen molar-refractivity contribution in [3.05, 3.63) is 35.4 Å². The number of likely N-dealkylation sites (N-methyl/N-ethyl adjacent to an activating group) is 1. The number of nitrogens with two attached hydrogens (primary N) is 1. The Morgan fingerprint density at radius 1 is 1.28 bits per heavy atom. The molecule has 3 heteroatoms. The highest BCUT2D eigenvalue weighted by atomic mass is 15.3. The molecular weight excluding hydrogens is 222 g/mol. The SMILES string of the molecule is CN(C)C1CCN(C2Cc3ccccc3C2N)C1. The number of nitrogens with zero attached hydrogens (tertiary/aromatic N) is 2. The van der Waals surface area contributed by atoms with Gasteiger partial charge in [0.05, 0.1) is 0 Å². The predicted molar refractivity (Wildman–Crippen MR) is 74.5 cm³/mol. The Morgan fingerprint density at radius 2 is 2.06 bits per heavy atom. The molecule has 1 aliphatic heterocycles. The Morgan fingerprint density at radius 3 is 2.72 bits per heavy atom. The summed E-state index contributed by atoms with van der Waals surface area (Å²) < 4.78 is 0. The molecule has 2 N–H and O–H groups in total. The molecule has 3 unspecified atom stereocenters. The molecule has 3 rings (SSSR count). The smallest absolute Gasteiger partial charge is 0.0459 e. The molecule has 0 amide bonds. The number of hydrogen-bond acceptors (Lipinski definition) is 3. The van der Waals surface area contributed by atoms with Gasteiger partial charge in [-0.05, 0) is 38.1 Å². The van der Waals surface area contributed by atoms with Gasteiger partial charge < -0.3 is 10.6 Å². The fourth-order valence-corrected chi connectivity index (χ4v) is 3.45. The summed E-state index contributed by atoms with van der Waals surface area (Å²) in [5.41, 5.74) is 9.24. The van der Waals surface area contributed by atoms with Gasteiger partial charge in [-0.3, -0.25) is 4.90 Å². The van der Waals surface area contributed by atoms with Gasteiger partial charge in [0.1, 0.15) is 0 Å². The van der Waals surface area contributed by atoms with Crippen molar-refractivity contribution in [3.8, 4) is 0 Å². The zero-order valence-corrected chi connectivity index (χ0v) is 11.3. The minimum Gasteiger partial charge on any atom is -0.323 e. The average molecular weight is 245 g/mol. The molecule has 18 heavy (non-hydrogen) atoms. The van der Waals surface area contributed by atoms with E-state index < -0.39 is 0 Å². The second-order valence-electron chi connectivity index (χ2n) is 5.90. The summed E-state index contributed by atoms with van der Waals surface area (Å²) in [4.78, 5) is 4.93. The van der Waals surface area contributed by atoms with Gasteiger partial charge in [0.2, 0.25) is 0 Å². The monoisotopic (exact) mass is 245 g/mol. The molecule has 1 fully saturated rings. The summed E-state index contributed by atoms with van der Waals surface area (Å²) >= 11 is 0. The second kappa shape index (κ2) is 4.65. The lowest BCUT2D eigenvalue weighted by Gasteiger charge is -2.28. The summed E-state index contributed by atoms with van der Waals surface area (Å²) in [7, 11) is 4.36. The third kappa shape index (κ3) is 1.96. The maximum absolute atomic E-state index is 6.44. The van der Waals surface area contributed by atoms with Crippen LogP contribution in [0.4, 0.5) is 0 Å². The molecule has 1 saturated heterocycles. The number of likely N-dealkylation sites (tertiary alicyclic amines) is 1. The van der Waals surface area contributed by atoms with Crippen LogP contribution < -0.4 is 5.73 Å². The first-order valence-electron chi connectivity index (χ1n) is 6.90. The van der Waals surface area contributed by atoms with E-state index in [2.05, 4.69) is 48.2 Å². The van der Waals surface area contributed by atoms with E-state index in [4.69, 9.17) is 5.73 Å². The van der Waals surface area contributed by atoms with Crippen LogP contribution in [0.1, 0.15) is 23.6 Å². The van der Waals surface area contributed by atoms with Crippen molar-refractivity contribution < 1.29 is 0 Å². The van der Waals surface area contributed by atoms with E-state index in [0.29, 0.717) is 12.1 Å². The van der Waals surface area contributed by atoms with Crippen LogP contribution in [0.25, 0.3) is 0 Å². The highest BCUT2D eigenvalue weighted by Gasteiger charge is 2.37. The standard InChI is InChI=1S/C15H23N3/c1-17(2)12-7-8-18(10-12)14-9-11-5-3-4-6-13(11)15(14)16/h3-6,12,14-15H,7-10,16H2,1-2H3. The van der Waals surface area contributed by atoms with Crippen molar-refractivity contribution in [3.63, 3.8) is 0 Å². The van der Waals surface area contributed by atoms with Crippen LogP contribution in [0.2, 0.25) is 0 Å². The topological polar surface area (TPSA) is 32.5 Å². The number of fused-ring (bicyclic) bond motifs is 1. The number of rotatable bonds is 2. The zero-order valence-electron chi connectivity index (χ0n) is 11.3. The first-order valence-corrected chi connectivity index (χ1v) is 6.90. The molecule has 1 aromatic rings. The van der Waals surface area contributed by atoms with Crippen molar-refractivity contribution in [1.82, 2.24) is 9.80 Å². The Hall–Kier alpha value is -0.900.